The highest BCUT2D eigenvalue weighted by atomic mass is 15.2. The van der Waals surface area contributed by atoms with Gasteiger partial charge < -0.3 is 9.80 Å². The fraction of sp³-hybridized carbons (Fsp3) is 0.0545. The molecule has 2 aliphatic rings. The van der Waals surface area contributed by atoms with E-state index in [1.54, 1.807) is 0 Å². The molecular formula is C55H42N2. The Bertz CT molecular complexity index is 2710. The Morgan fingerprint density at radius 1 is 0.368 bits per heavy atom. The van der Waals surface area contributed by atoms with E-state index < -0.39 is 0 Å². The summed E-state index contributed by atoms with van der Waals surface area (Å²) in [5.74, 6) is 0. The molecular weight excluding hydrogens is 689 g/mol. The van der Waals surface area contributed by atoms with Crippen LogP contribution in [-0.2, 0) is 6.42 Å². The average molecular weight is 731 g/mol. The molecule has 0 unspecified atom stereocenters. The molecule has 0 N–H and O–H groups in total. The summed E-state index contributed by atoms with van der Waals surface area (Å²) in [4.78, 5) is 4.78. The van der Waals surface area contributed by atoms with Gasteiger partial charge in [0.25, 0.3) is 0 Å². The number of benzene rings is 8. The Hall–Kier alpha value is -7.16. The fourth-order valence-electron chi connectivity index (χ4n) is 8.38. The number of nitrogens with zero attached hydrogens (tertiary/aromatic N) is 2. The monoisotopic (exact) mass is 730 g/mol. The van der Waals surface area contributed by atoms with Gasteiger partial charge in [-0.05, 0) is 141 Å². The quantitative estimate of drug-likeness (QED) is 0.154. The Labute approximate surface area is 336 Å². The highest BCUT2D eigenvalue weighted by Crippen LogP contribution is 2.46. The Kier molecular flexibility index (Phi) is 9.14. The molecule has 1 aliphatic heterocycles. The first-order valence-electron chi connectivity index (χ1n) is 19.9. The summed E-state index contributed by atoms with van der Waals surface area (Å²) in [5.41, 5.74) is 19.5. The van der Waals surface area contributed by atoms with Crippen LogP contribution in [0.1, 0.15) is 29.5 Å². The fourth-order valence-corrected chi connectivity index (χ4v) is 8.38. The van der Waals surface area contributed by atoms with Crippen LogP contribution in [0.2, 0.25) is 0 Å². The van der Waals surface area contributed by atoms with E-state index in [4.69, 9.17) is 0 Å². The summed E-state index contributed by atoms with van der Waals surface area (Å²) in [6, 6.07) is 72.9. The van der Waals surface area contributed by atoms with Crippen LogP contribution in [0, 0.1) is 0 Å². The van der Waals surface area contributed by atoms with Crippen molar-refractivity contribution < 1.29 is 0 Å². The minimum absolute atomic E-state index is 0.871. The van der Waals surface area contributed by atoms with E-state index >= 15 is 0 Å². The molecule has 0 fully saturated rings. The number of anilines is 6. The zero-order valence-electron chi connectivity index (χ0n) is 31.8. The zero-order valence-corrected chi connectivity index (χ0v) is 31.8. The lowest BCUT2D eigenvalue weighted by Crippen LogP contribution is -2.18. The first kappa shape index (κ1) is 34.3. The van der Waals surface area contributed by atoms with Crippen LogP contribution in [0.3, 0.4) is 0 Å². The normalized spacial score (nSPS) is 13.1. The minimum Gasteiger partial charge on any atom is -0.311 e. The molecule has 0 amide bonds. The van der Waals surface area contributed by atoms with E-state index in [9.17, 15) is 0 Å². The van der Waals surface area contributed by atoms with Crippen LogP contribution < -0.4 is 9.80 Å². The van der Waals surface area contributed by atoms with Gasteiger partial charge in [-0.1, -0.05) is 146 Å². The number of hydrogen-bond acceptors (Lipinski definition) is 2. The highest BCUT2D eigenvalue weighted by molar-refractivity contribution is 5.87. The van der Waals surface area contributed by atoms with Crippen molar-refractivity contribution >= 4 is 39.7 Å². The van der Waals surface area contributed by atoms with Crippen molar-refractivity contribution in [3.8, 4) is 33.4 Å². The van der Waals surface area contributed by atoms with Gasteiger partial charge in [0.15, 0.2) is 0 Å². The summed E-state index contributed by atoms with van der Waals surface area (Å²) in [6.07, 6.45) is 9.94. The van der Waals surface area contributed by atoms with Crippen LogP contribution in [0.4, 0.5) is 34.1 Å². The molecule has 8 aromatic rings. The maximum absolute atomic E-state index is 2.42. The van der Waals surface area contributed by atoms with E-state index in [1.807, 2.05) is 0 Å². The van der Waals surface area contributed by atoms with Crippen molar-refractivity contribution in [3.63, 3.8) is 0 Å². The number of para-hydroxylation sites is 1. The highest BCUT2D eigenvalue weighted by Gasteiger charge is 2.25. The van der Waals surface area contributed by atoms with E-state index in [0.717, 1.165) is 36.3 Å². The molecule has 0 saturated carbocycles. The molecule has 1 heterocycles. The van der Waals surface area contributed by atoms with Crippen molar-refractivity contribution in [2.75, 3.05) is 9.80 Å². The summed E-state index contributed by atoms with van der Waals surface area (Å²) in [5, 5.41) is 0. The van der Waals surface area contributed by atoms with Crippen molar-refractivity contribution in [1.29, 1.82) is 0 Å². The largest absolute Gasteiger partial charge is 0.311 e. The topological polar surface area (TPSA) is 6.48 Å². The molecule has 57 heavy (non-hydrogen) atoms. The molecule has 0 radical (unpaired) electrons. The molecule has 0 aromatic heterocycles. The van der Waals surface area contributed by atoms with Gasteiger partial charge in [-0.15, -0.1) is 0 Å². The Morgan fingerprint density at radius 3 is 1.28 bits per heavy atom. The SMILES string of the molecule is C1=CC(c2ccc(N(c3ccc(-c4ccccc4)cc3)c3ccc(-c4ccc5c(c4)Cc4cc(-c6ccccc6)ccc4N5c4ccccc4)cc3)cc2)=CCC1. The molecule has 0 saturated heterocycles. The van der Waals surface area contributed by atoms with Gasteiger partial charge in [-0.2, -0.15) is 0 Å². The van der Waals surface area contributed by atoms with Gasteiger partial charge >= 0.3 is 0 Å². The van der Waals surface area contributed by atoms with Crippen LogP contribution in [0.5, 0.6) is 0 Å². The van der Waals surface area contributed by atoms with Crippen molar-refractivity contribution in [3.05, 3.63) is 235 Å². The van der Waals surface area contributed by atoms with Crippen LogP contribution in [0.25, 0.3) is 39.0 Å². The Balaban J connectivity index is 1.00. The molecule has 2 heteroatoms. The van der Waals surface area contributed by atoms with Crippen molar-refractivity contribution in [2.45, 2.75) is 19.3 Å². The Morgan fingerprint density at radius 2 is 0.789 bits per heavy atom. The molecule has 0 atom stereocenters. The van der Waals surface area contributed by atoms with E-state index in [0.29, 0.717) is 0 Å². The molecule has 272 valence electrons. The number of hydrogen-bond donors (Lipinski definition) is 0. The molecule has 0 spiro atoms. The number of fused-ring (bicyclic) bond motifs is 2. The van der Waals surface area contributed by atoms with Gasteiger partial charge in [0.05, 0.1) is 0 Å². The second-order valence-electron chi connectivity index (χ2n) is 14.9. The number of rotatable bonds is 8. The molecule has 1 aliphatic carbocycles. The molecule has 10 rings (SSSR count). The van der Waals surface area contributed by atoms with Crippen molar-refractivity contribution in [2.24, 2.45) is 0 Å². The van der Waals surface area contributed by atoms with Gasteiger partial charge in [0.1, 0.15) is 0 Å². The first-order valence-corrected chi connectivity index (χ1v) is 19.9. The lowest BCUT2D eigenvalue weighted by Gasteiger charge is -2.34. The van der Waals surface area contributed by atoms with Gasteiger partial charge in [0.2, 0.25) is 0 Å². The third kappa shape index (κ3) is 6.88. The van der Waals surface area contributed by atoms with Crippen LogP contribution >= 0.6 is 0 Å². The molecule has 0 bridgehead atoms. The van der Waals surface area contributed by atoms with Gasteiger partial charge in [-0.3, -0.25) is 0 Å². The molecule has 8 aromatic carbocycles. The van der Waals surface area contributed by atoms with Gasteiger partial charge in [-0.25, -0.2) is 0 Å². The van der Waals surface area contributed by atoms with Crippen LogP contribution in [-0.4, -0.2) is 0 Å². The smallest absolute Gasteiger partial charge is 0.0497 e. The zero-order chi connectivity index (χ0) is 38.0. The van der Waals surface area contributed by atoms with Crippen LogP contribution in [0.15, 0.2) is 218 Å². The summed E-state index contributed by atoms with van der Waals surface area (Å²) >= 11 is 0. The van der Waals surface area contributed by atoms with E-state index in [2.05, 4.69) is 228 Å². The summed E-state index contributed by atoms with van der Waals surface area (Å²) in [7, 11) is 0. The average Bonchev–Trinajstić information content (AvgIpc) is 3.30. The predicted octanol–water partition coefficient (Wildman–Crippen LogP) is 15.3. The third-order valence-corrected chi connectivity index (χ3v) is 11.3. The lowest BCUT2D eigenvalue weighted by atomic mass is 9.90. The standard InChI is InChI=1S/C55H42N2/c1-5-13-40(14-6-1)43-21-29-51(30-22-43)56(52-31-23-44(24-32-52)41-15-7-2-8-16-41)53-33-25-45(26-34-53)47-28-36-55-49(38-47)39-48-37-46(42-17-9-3-10-18-42)27-35-54(48)57(55)50-19-11-4-12-20-50/h1,3-7,9-38H,2,8,39H2. The van der Waals surface area contributed by atoms with Gasteiger partial charge in [0, 0.05) is 40.5 Å². The summed E-state index contributed by atoms with van der Waals surface area (Å²) in [6.45, 7) is 0. The lowest BCUT2D eigenvalue weighted by molar-refractivity contribution is 1.04. The number of allylic oxidation sites excluding steroid dienone is 4. The van der Waals surface area contributed by atoms with Crippen molar-refractivity contribution in [1.82, 2.24) is 0 Å². The minimum atomic E-state index is 0.871. The first-order chi connectivity index (χ1) is 28.2. The predicted molar refractivity (Wildman–Crippen MR) is 241 cm³/mol. The molecule has 2 nitrogen and oxygen atoms in total. The third-order valence-electron chi connectivity index (χ3n) is 11.3. The summed E-state index contributed by atoms with van der Waals surface area (Å²) < 4.78 is 0. The van der Waals surface area contributed by atoms with E-state index in [-0.39, 0.29) is 0 Å². The van der Waals surface area contributed by atoms with E-state index in [1.165, 1.54) is 72.7 Å². The second kappa shape index (κ2) is 15.2. The second-order valence-corrected chi connectivity index (χ2v) is 14.9. The maximum Gasteiger partial charge on any atom is 0.0497 e. The maximum atomic E-state index is 2.42.